The SMILES string of the molecule is CN1CC2(CCN(C(=O)CCn3cnnn3)CC2)C[C@@H](c2ccccc2)C1=O. The number of aryl methyl sites for hydroxylation is 1. The van der Waals surface area contributed by atoms with Crippen LogP contribution in [0.25, 0.3) is 0 Å². The van der Waals surface area contributed by atoms with Crippen molar-refractivity contribution in [3.05, 3.63) is 42.2 Å². The standard InChI is InChI=1S/C20H26N6O2/c1-24-14-20(13-17(19(24)28)16-5-3-2-4-6-16)8-11-25(12-9-20)18(27)7-10-26-15-21-22-23-26/h2-6,15,17H,7-14H2,1H3/t17-/m0/s1. The molecule has 2 saturated heterocycles. The quantitative estimate of drug-likeness (QED) is 0.796. The summed E-state index contributed by atoms with van der Waals surface area (Å²) in [5.74, 6) is 0.268. The van der Waals surface area contributed by atoms with Crippen LogP contribution in [-0.2, 0) is 16.1 Å². The summed E-state index contributed by atoms with van der Waals surface area (Å²) in [6, 6.07) is 10.1. The number of rotatable bonds is 4. The van der Waals surface area contributed by atoms with Crippen molar-refractivity contribution in [1.82, 2.24) is 30.0 Å². The van der Waals surface area contributed by atoms with Gasteiger partial charge in [0.1, 0.15) is 6.33 Å². The molecule has 2 aliphatic rings. The third-order valence-electron chi connectivity index (χ3n) is 6.21. The molecule has 2 aliphatic heterocycles. The van der Waals surface area contributed by atoms with Crippen LogP contribution in [0.4, 0.5) is 0 Å². The molecule has 1 atom stereocenters. The Labute approximate surface area is 164 Å². The highest BCUT2D eigenvalue weighted by Crippen LogP contribution is 2.45. The predicted octanol–water partition coefficient (Wildman–Crippen LogP) is 1.32. The van der Waals surface area contributed by atoms with Gasteiger partial charge in [-0.1, -0.05) is 30.3 Å². The van der Waals surface area contributed by atoms with Gasteiger partial charge in [0.25, 0.3) is 0 Å². The number of hydrogen-bond acceptors (Lipinski definition) is 5. The number of likely N-dealkylation sites (tertiary alicyclic amines) is 2. The maximum absolute atomic E-state index is 12.8. The highest BCUT2D eigenvalue weighted by atomic mass is 16.2. The number of nitrogens with zero attached hydrogens (tertiary/aromatic N) is 6. The molecule has 28 heavy (non-hydrogen) atoms. The zero-order valence-electron chi connectivity index (χ0n) is 16.2. The minimum absolute atomic E-state index is 0.0815. The lowest BCUT2D eigenvalue weighted by Gasteiger charge is -2.49. The molecule has 8 heteroatoms. The molecule has 1 aromatic heterocycles. The van der Waals surface area contributed by atoms with Crippen LogP contribution in [0.2, 0.25) is 0 Å². The lowest BCUT2D eigenvalue weighted by atomic mass is 9.67. The van der Waals surface area contributed by atoms with Gasteiger partial charge in [0.05, 0.1) is 12.5 Å². The van der Waals surface area contributed by atoms with E-state index in [0.717, 1.165) is 44.5 Å². The normalized spacial score (nSPS) is 21.9. The monoisotopic (exact) mass is 382 g/mol. The molecule has 0 unspecified atom stereocenters. The first kappa shape index (κ1) is 18.6. The molecule has 2 amide bonds. The van der Waals surface area contributed by atoms with Gasteiger partial charge in [-0.15, -0.1) is 5.10 Å². The zero-order chi connectivity index (χ0) is 19.6. The summed E-state index contributed by atoms with van der Waals surface area (Å²) in [6.07, 6.45) is 4.67. The second kappa shape index (κ2) is 7.69. The fraction of sp³-hybridized carbons (Fsp3) is 0.550. The number of hydrogen-bond donors (Lipinski definition) is 0. The lowest BCUT2D eigenvalue weighted by Crippen LogP contribution is -2.53. The smallest absolute Gasteiger partial charge is 0.229 e. The number of benzene rings is 1. The van der Waals surface area contributed by atoms with Crippen molar-refractivity contribution in [2.24, 2.45) is 5.41 Å². The highest BCUT2D eigenvalue weighted by molar-refractivity contribution is 5.84. The summed E-state index contributed by atoms with van der Waals surface area (Å²) >= 11 is 0. The van der Waals surface area contributed by atoms with Gasteiger partial charge in [-0.25, -0.2) is 4.68 Å². The second-order valence-corrected chi connectivity index (χ2v) is 8.07. The van der Waals surface area contributed by atoms with E-state index in [0.29, 0.717) is 13.0 Å². The van der Waals surface area contributed by atoms with Gasteiger partial charge in [-0.3, -0.25) is 9.59 Å². The summed E-state index contributed by atoms with van der Waals surface area (Å²) in [7, 11) is 1.91. The first-order valence-corrected chi connectivity index (χ1v) is 9.85. The van der Waals surface area contributed by atoms with Crippen molar-refractivity contribution in [3.63, 3.8) is 0 Å². The van der Waals surface area contributed by atoms with Gasteiger partial charge in [-0.2, -0.15) is 0 Å². The second-order valence-electron chi connectivity index (χ2n) is 8.07. The van der Waals surface area contributed by atoms with Gasteiger partial charge in [0, 0.05) is 33.1 Å². The van der Waals surface area contributed by atoms with Crippen LogP contribution < -0.4 is 0 Å². The first-order chi connectivity index (χ1) is 13.6. The molecule has 2 aromatic rings. The van der Waals surface area contributed by atoms with Crippen molar-refractivity contribution in [2.45, 2.75) is 38.1 Å². The average molecular weight is 382 g/mol. The van der Waals surface area contributed by atoms with Crippen molar-refractivity contribution in [1.29, 1.82) is 0 Å². The molecule has 1 aromatic carbocycles. The first-order valence-electron chi connectivity index (χ1n) is 9.85. The number of likely N-dealkylation sites (N-methyl/N-ethyl adjacent to an activating group) is 1. The van der Waals surface area contributed by atoms with Gasteiger partial charge >= 0.3 is 0 Å². The van der Waals surface area contributed by atoms with Crippen LogP contribution in [0.3, 0.4) is 0 Å². The summed E-state index contributed by atoms with van der Waals surface area (Å²) in [4.78, 5) is 29.1. The van der Waals surface area contributed by atoms with E-state index in [4.69, 9.17) is 0 Å². The number of piperidine rings is 2. The molecule has 0 bridgehead atoms. The fourth-order valence-corrected chi connectivity index (χ4v) is 4.62. The molecule has 148 valence electrons. The highest BCUT2D eigenvalue weighted by Gasteiger charge is 2.45. The van der Waals surface area contributed by atoms with Crippen LogP contribution in [0.5, 0.6) is 0 Å². The van der Waals surface area contributed by atoms with Crippen molar-refractivity contribution >= 4 is 11.8 Å². The van der Waals surface area contributed by atoms with E-state index in [1.54, 1.807) is 4.68 Å². The van der Waals surface area contributed by atoms with Crippen LogP contribution in [0.1, 0.15) is 37.2 Å². The molecule has 4 rings (SSSR count). The van der Waals surface area contributed by atoms with E-state index < -0.39 is 0 Å². The molecule has 0 aliphatic carbocycles. The fourth-order valence-electron chi connectivity index (χ4n) is 4.62. The van der Waals surface area contributed by atoms with Crippen LogP contribution in [-0.4, -0.2) is 68.5 Å². The summed E-state index contributed by atoms with van der Waals surface area (Å²) in [6.45, 7) is 2.78. The topological polar surface area (TPSA) is 84.2 Å². The van der Waals surface area contributed by atoms with Crippen molar-refractivity contribution in [2.75, 3.05) is 26.7 Å². The Bertz CT molecular complexity index is 814. The Kier molecular flexibility index (Phi) is 5.11. The maximum Gasteiger partial charge on any atom is 0.229 e. The Balaban J connectivity index is 1.38. The van der Waals surface area contributed by atoms with Gasteiger partial charge < -0.3 is 9.80 Å². The van der Waals surface area contributed by atoms with Crippen LogP contribution >= 0.6 is 0 Å². The molecule has 2 fully saturated rings. The van der Waals surface area contributed by atoms with Crippen LogP contribution in [0, 0.1) is 5.41 Å². The van der Waals surface area contributed by atoms with E-state index in [1.165, 1.54) is 6.33 Å². The predicted molar refractivity (Wildman–Crippen MR) is 102 cm³/mol. The van der Waals surface area contributed by atoms with Crippen molar-refractivity contribution in [3.8, 4) is 0 Å². The van der Waals surface area contributed by atoms with E-state index in [-0.39, 0.29) is 23.1 Å². The molecule has 0 N–H and O–H groups in total. The van der Waals surface area contributed by atoms with Crippen molar-refractivity contribution < 1.29 is 9.59 Å². The summed E-state index contributed by atoms with van der Waals surface area (Å²) in [5.41, 5.74) is 1.19. The largest absolute Gasteiger partial charge is 0.345 e. The van der Waals surface area contributed by atoms with Gasteiger partial charge in [0.15, 0.2) is 0 Å². The number of carbonyl (C=O) groups excluding carboxylic acids is 2. The minimum Gasteiger partial charge on any atom is -0.345 e. The Hall–Kier alpha value is -2.77. The Morgan fingerprint density at radius 3 is 2.64 bits per heavy atom. The van der Waals surface area contributed by atoms with Crippen LogP contribution in [0.15, 0.2) is 36.7 Å². The van der Waals surface area contributed by atoms with E-state index in [1.807, 2.05) is 47.2 Å². The average Bonchev–Trinajstić information content (AvgIpc) is 3.24. The van der Waals surface area contributed by atoms with E-state index in [9.17, 15) is 9.59 Å². The Morgan fingerprint density at radius 2 is 1.96 bits per heavy atom. The molecule has 0 radical (unpaired) electrons. The number of aromatic nitrogens is 4. The molecule has 1 spiro atoms. The Morgan fingerprint density at radius 1 is 1.21 bits per heavy atom. The third kappa shape index (κ3) is 3.76. The minimum atomic E-state index is -0.0815. The lowest BCUT2D eigenvalue weighted by molar-refractivity contribution is -0.143. The zero-order valence-corrected chi connectivity index (χ0v) is 16.2. The maximum atomic E-state index is 12.8. The van der Waals surface area contributed by atoms with E-state index >= 15 is 0 Å². The third-order valence-corrected chi connectivity index (χ3v) is 6.21. The molecule has 8 nitrogen and oxygen atoms in total. The molecule has 3 heterocycles. The molecular formula is C20H26N6O2. The summed E-state index contributed by atoms with van der Waals surface area (Å²) < 4.78 is 1.58. The molecule has 0 saturated carbocycles. The molecular weight excluding hydrogens is 356 g/mol. The number of amides is 2. The summed E-state index contributed by atoms with van der Waals surface area (Å²) in [5, 5.41) is 11.0. The van der Waals surface area contributed by atoms with Gasteiger partial charge in [0.2, 0.25) is 11.8 Å². The number of carbonyl (C=O) groups is 2. The van der Waals surface area contributed by atoms with E-state index in [2.05, 4.69) is 15.5 Å². The number of tetrazole rings is 1. The van der Waals surface area contributed by atoms with Gasteiger partial charge in [-0.05, 0) is 40.7 Å².